The van der Waals surface area contributed by atoms with E-state index in [-0.39, 0.29) is 12.5 Å². The van der Waals surface area contributed by atoms with Crippen LogP contribution in [0.15, 0.2) is 47.1 Å². The van der Waals surface area contributed by atoms with Gasteiger partial charge in [0.15, 0.2) is 0 Å². The second kappa shape index (κ2) is 8.19. The molecule has 0 saturated heterocycles. The fourth-order valence-electron chi connectivity index (χ4n) is 2.53. The maximum absolute atomic E-state index is 12.1. The Balaban J connectivity index is 1.72. The lowest BCUT2D eigenvalue weighted by molar-refractivity contribution is -0.121. The van der Waals surface area contributed by atoms with Crippen LogP contribution in [-0.2, 0) is 11.3 Å². The minimum absolute atomic E-state index is 0.0438. The molecular formula is C19H21ClN4O2. The fraction of sp³-hybridized carbons (Fsp3) is 0.316. The van der Waals surface area contributed by atoms with Crippen molar-refractivity contribution in [3.63, 3.8) is 0 Å². The van der Waals surface area contributed by atoms with Gasteiger partial charge in [0.1, 0.15) is 12.2 Å². The molecule has 0 atom stereocenters. The molecule has 0 saturated carbocycles. The Labute approximate surface area is 157 Å². The van der Waals surface area contributed by atoms with E-state index >= 15 is 0 Å². The molecule has 6 nitrogen and oxygen atoms in total. The van der Waals surface area contributed by atoms with Crippen molar-refractivity contribution in [3.8, 4) is 23.0 Å². The zero-order valence-electron chi connectivity index (χ0n) is 14.8. The van der Waals surface area contributed by atoms with E-state index < -0.39 is 0 Å². The number of nitrogens with zero attached hydrogens (tertiary/aromatic N) is 3. The number of amides is 1. The van der Waals surface area contributed by atoms with Crippen molar-refractivity contribution >= 4 is 17.5 Å². The molecule has 2 aromatic heterocycles. The first kappa shape index (κ1) is 18.2. The first-order valence-electron chi connectivity index (χ1n) is 8.55. The summed E-state index contributed by atoms with van der Waals surface area (Å²) in [7, 11) is 0. The van der Waals surface area contributed by atoms with Crippen molar-refractivity contribution in [1.82, 2.24) is 20.0 Å². The predicted octanol–water partition coefficient (Wildman–Crippen LogP) is 4.02. The minimum Gasteiger partial charge on any atom is -0.355 e. The third-order valence-corrected chi connectivity index (χ3v) is 4.15. The topological polar surface area (TPSA) is 73.0 Å². The number of benzene rings is 1. The number of carbonyl (C=O) groups excluding carboxylic acids is 1. The second-order valence-corrected chi connectivity index (χ2v) is 6.92. The van der Waals surface area contributed by atoms with Crippen LogP contribution in [0.1, 0.15) is 20.3 Å². The molecule has 3 aromatic rings. The summed E-state index contributed by atoms with van der Waals surface area (Å²) in [6.45, 7) is 5.13. The highest BCUT2D eigenvalue weighted by Crippen LogP contribution is 2.24. The van der Waals surface area contributed by atoms with Gasteiger partial charge in [0.05, 0.1) is 0 Å². The number of hydrogen-bond acceptors (Lipinski definition) is 4. The Morgan fingerprint density at radius 3 is 2.92 bits per heavy atom. The highest BCUT2D eigenvalue weighted by Gasteiger charge is 2.15. The van der Waals surface area contributed by atoms with Gasteiger partial charge in [-0.2, -0.15) is 4.98 Å². The summed E-state index contributed by atoms with van der Waals surface area (Å²) in [5, 5.41) is 7.55. The molecule has 0 aliphatic carbocycles. The summed E-state index contributed by atoms with van der Waals surface area (Å²) in [4.78, 5) is 16.6. The van der Waals surface area contributed by atoms with E-state index in [0.29, 0.717) is 34.9 Å². The van der Waals surface area contributed by atoms with E-state index in [1.165, 1.54) is 0 Å². The molecule has 0 bridgehead atoms. The maximum Gasteiger partial charge on any atom is 0.274 e. The van der Waals surface area contributed by atoms with Crippen LogP contribution in [0, 0.1) is 5.92 Å². The predicted molar refractivity (Wildman–Crippen MR) is 101 cm³/mol. The monoisotopic (exact) mass is 372 g/mol. The van der Waals surface area contributed by atoms with Crippen molar-refractivity contribution in [2.45, 2.75) is 26.8 Å². The SMILES string of the molecule is CC(C)CCNC(=O)Cn1cccc1-c1nc(-c2cccc(Cl)c2)no1. The lowest BCUT2D eigenvalue weighted by Gasteiger charge is -2.09. The van der Waals surface area contributed by atoms with E-state index in [9.17, 15) is 4.79 Å². The number of rotatable bonds is 7. The fourth-order valence-corrected chi connectivity index (χ4v) is 2.72. The lowest BCUT2D eigenvalue weighted by Crippen LogP contribution is -2.29. The van der Waals surface area contributed by atoms with Crippen molar-refractivity contribution < 1.29 is 9.32 Å². The summed E-state index contributed by atoms with van der Waals surface area (Å²) >= 11 is 6.01. The van der Waals surface area contributed by atoms with Gasteiger partial charge in [-0.3, -0.25) is 4.79 Å². The van der Waals surface area contributed by atoms with Gasteiger partial charge in [0.25, 0.3) is 5.89 Å². The smallest absolute Gasteiger partial charge is 0.274 e. The summed E-state index contributed by atoms with van der Waals surface area (Å²) in [6, 6.07) is 10.9. The van der Waals surface area contributed by atoms with Gasteiger partial charge >= 0.3 is 0 Å². The molecular weight excluding hydrogens is 352 g/mol. The molecule has 0 unspecified atom stereocenters. The van der Waals surface area contributed by atoms with Crippen LogP contribution >= 0.6 is 11.6 Å². The van der Waals surface area contributed by atoms with Gasteiger partial charge in [-0.1, -0.05) is 42.7 Å². The molecule has 1 aromatic carbocycles. The molecule has 1 amide bonds. The average molecular weight is 373 g/mol. The normalized spacial score (nSPS) is 11.1. The minimum atomic E-state index is -0.0438. The first-order valence-corrected chi connectivity index (χ1v) is 8.92. The molecule has 7 heteroatoms. The lowest BCUT2D eigenvalue weighted by atomic mass is 10.1. The van der Waals surface area contributed by atoms with Crippen molar-refractivity contribution in [2.75, 3.05) is 6.54 Å². The Morgan fingerprint density at radius 2 is 2.15 bits per heavy atom. The van der Waals surface area contributed by atoms with Crippen LogP contribution in [-0.4, -0.2) is 27.2 Å². The van der Waals surface area contributed by atoms with Crippen LogP contribution < -0.4 is 5.32 Å². The van der Waals surface area contributed by atoms with Crippen LogP contribution in [0.3, 0.4) is 0 Å². The molecule has 0 aliphatic heterocycles. The van der Waals surface area contributed by atoms with Crippen molar-refractivity contribution in [1.29, 1.82) is 0 Å². The molecule has 0 radical (unpaired) electrons. The molecule has 3 rings (SSSR count). The van der Waals surface area contributed by atoms with Gasteiger partial charge in [-0.25, -0.2) is 0 Å². The van der Waals surface area contributed by atoms with Gasteiger partial charge in [-0.15, -0.1) is 0 Å². The van der Waals surface area contributed by atoms with E-state index in [4.69, 9.17) is 16.1 Å². The third kappa shape index (κ3) is 4.52. The second-order valence-electron chi connectivity index (χ2n) is 6.49. The largest absolute Gasteiger partial charge is 0.355 e. The number of nitrogens with one attached hydrogen (secondary N) is 1. The first-order chi connectivity index (χ1) is 12.5. The summed E-state index contributed by atoms with van der Waals surface area (Å²) < 4.78 is 7.17. The van der Waals surface area contributed by atoms with Gasteiger partial charge < -0.3 is 14.4 Å². The highest BCUT2D eigenvalue weighted by atomic mass is 35.5. The third-order valence-electron chi connectivity index (χ3n) is 3.92. The average Bonchev–Trinajstić information content (AvgIpc) is 3.23. The number of halogens is 1. The van der Waals surface area contributed by atoms with Gasteiger partial charge in [0.2, 0.25) is 11.7 Å². The number of carbonyl (C=O) groups is 1. The molecule has 2 heterocycles. The molecule has 0 spiro atoms. The summed E-state index contributed by atoms with van der Waals surface area (Å²) in [5.74, 6) is 1.33. The Hall–Kier alpha value is -2.60. The zero-order valence-corrected chi connectivity index (χ0v) is 15.5. The number of aromatic nitrogens is 3. The van der Waals surface area contributed by atoms with Gasteiger partial charge in [-0.05, 0) is 36.6 Å². The highest BCUT2D eigenvalue weighted by molar-refractivity contribution is 6.30. The molecule has 0 aliphatic rings. The van der Waals surface area contributed by atoms with Crippen LogP contribution in [0.2, 0.25) is 5.02 Å². The van der Waals surface area contributed by atoms with E-state index in [1.807, 2.05) is 30.5 Å². The Bertz CT molecular complexity index is 885. The standard InChI is InChI=1S/C19H21ClN4O2/c1-13(2)8-9-21-17(25)12-24-10-4-7-16(24)19-22-18(23-26-19)14-5-3-6-15(20)11-14/h3-7,10-11,13H,8-9,12H2,1-2H3,(H,21,25). The van der Waals surface area contributed by atoms with Crippen molar-refractivity contribution in [3.05, 3.63) is 47.6 Å². The maximum atomic E-state index is 12.1. The molecule has 0 fully saturated rings. The van der Waals surface area contributed by atoms with Crippen LogP contribution in [0.25, 0.3) is 23.0 Å². The van der Waals surface area contributed by atoms with E-state index in [1.54, 1.807) is 16.7 Å². The zero-order chi connectivity index (χ0) is 18.5. The molecule has 136 valence electrons. The van der Waals surface area contributed by atoms with Crippen LogP contribution in [0.5, 0.6) is 0 Å². The summed E-state index contributed by atoms with van der Waals surface area (Å²) in [6.07, 6.45) is 2.78. The Kier molecular flexibility index (Phi) is 5.73. The van der Waals surface area contributed by atoms with E-state index in [0.717, 1.165) is 12.0 Å². The molecule has 1 N–H and O–H groups in total. The van der Waals surface area contributed by atoms with E-state index in [2.05, 4.69) is 29.3 Å². The summed E-state index contributed by atoms with van der Waals surface area (Å²) in [5.41, 5.74) is 1.47. The quantitative estimate of drug-likeness (QED) is 0.679. The number of hydrogen-bond donors (Lipinski definition) is 1. The van der Waals surface area contributed by atoms with Gasteiger partial charge in [0, 0.05) is 23.3 Å². The van der Waals surface area contributed by atoms with Crippen LogP contribution in [0.4, 0.5) is 0 Å². The van der Waals surface area contributed by atoms with Crippen molar-refractivity contribution in [2.24, 2.45) is 5.92 Å². The Morgan fingerprint density at radius 1 is 1.31 bits per heavy atom. The molecule has 26 heavy (non-hydrogen) atoms.